The van der Waals surface area contributed by atoms with Crippen molar-refractivity contribution in [2.45, 2.75) is 6.92 Å². The van der Waals surface area contributed by atoms with Crippen molar-refractivity contribution < 1.29 is 19.1 Å². The van der Waals surface area contributed by atoms with Crippen LogP contribution in [0.25, 0.3) is 6.08 Å². The van der Waals surface area contributed by atoms with Gasteiger partial charge in [-0.05, 0) is 60.7 Å². The molecule has 160 valence electrons. The van der Waals surface area contributed by atoms with Crippen molar-refractivity contribution in [3.63, 3.8) is 0 Å². The number of thioether (sulfide) groups is 1. The maximum Gasteiger partial charge on any atom is 0.294 e. The van der Waals surface area contributed by atoms with Gasteiger partial charge >= 0.3 is 0 Å². The summed E-state index contributed by atoms with van der Waals surface area (Å²) in [6.45, 7) is 5.34. The van der Waals surface area contributed by atoms with Crippen molar-refractivity contribution in [2.24, 2.45) is 0 Å². The first-order valence-corrected chi connectivity index (χ1v) is 11.1. The molecule has 9 heteroatoms. The lowest BCUT2D eigenvalue weighted by atomic mass is 10.2. The average Bonchev–Trinajstić information content (AvgIpc) is 2.97. The summed E-state index contributed by atoms with van der Waals surface area (Å²) in [6, 6.07) is 10.4. The van der Waals surface area contributed by atoms with Crippen LogP contribution in [0.4, 0.5) is 10.5 Å². The predicted molar refractivity (Wildman–Crippen MR) is 127 cm³/mol. The molecule has 1 saturated heterocycles. The molecule has 0 atom stereocenters. The molecule has 1 aliphatic rings. The summed E-state index contributed by atoms with van der Waals surface area (Å²) < 4.78 is 6.41. The van der Waals surface area contributed by atoms with E-state index in [4.69, 9.17) is 16.3 Å². The van der Waals surface area contributed by atoms with Crippen LogP contribution in [0.5, 0.6) is 5.75 Å². The summed E-state index contributed by atoms with van der Waals surface area (Å²) in [6.07, 6.45) is 3.19. The number of nitrogens with one attached hydrogen (secondary N) is 1. The summed E-state index contributed by atoms with van der Waals surface area (Å²) in [5.74, 6) is -0.488. The molecule has 31 heavy (non-hydrogen) atoms. The molecule has 0 spiro atoms. The second kappa shape index (κ2) is 10.2. The van der Waals surface area contributed by atoms with Crippen molar-refractivity contribution in [2.75, 3.05) is 18.5 Å². The van der Waals surface area contributed by atoms with Gasteiger partial charge in [0.15, 0.2) is 0 Å². The number of ether oxygens (including phenoxy) is 1. The molecule has 2 aromatic carbocycles. The summed E-state index contributed by atoms with van der Waals surface area (Å²) in [5, 5.41) is 2.64. The Hall–Kier alpha value is -2.55. The Morgan fingerprint density at radius 2 is 2.06 bits per heavy atom. The van der Waals surface area contributed by atoms with Gasteiger partial charge in [0.05, 0.1) is 4.91 Å². The molecule has 0 saturated carbocycles. The molecule has 1 heterocycles. The number of amides is 3. The molecule has 0 aliphatic carbocycles. The highest BCUT2D eigenvalue weighted by molar-refractivity contribution is 9.10. The third kappa shape index (κ3) is 5.78. The molecule has 0 aromatic heterocycles. The fraction of sp³-hybridized carbons (Fsp3) is 0.136. The number of halogens is 2. The molecule has 0 bridgehead atoms. The number of carbonyl (C=O) groups excluding carboxylic acids is 3. The topological polar surface area (TPSA) is 75.7 Å². The Balaban J connectivity index is 1.76. The molecule has 3 amide bonds. The smallest absolute Gasteiger partial charge is 0.294 e. The van der Waals surface area contributed by atoms with Gasteiger partial charge in [-0.25, -0.2) is 0 Å². The first-order chi connectivity index (χ1) is 14.8. The Bertz CT molecular complexity index is 1100. The molecular formula is C22H18BrClN2O4S. The summed E-state index contributed by atoms with van der Waals surface area (Å²) >= 11 is 10.1. The third-order valence-electron chi connectivity index (χ3n) is 4.26. The van der Waals surface area contributed by atoms with Crippen LogP contribution in [0.15, 0.2) is 58.4 Å². The highest BCUT2D eigenvalue weighted by Crippen LogP contribution is 2.35. The lowest BCUT2D eigenvalue weighted by molar-refractivity contribution is -0.127. The van der Waals surface area contributed by atoms with E-state index in [0.717, 1.165) is 26.7 Å². The van der Waals surface area contributed by atoms with Crippen molar-refractivity contribution in [1.29, 1.82) is 0 Å². The van der Waals surface area contributed by atoms with E-state index in [1.54, 1.807) is 42.5 Å². The van der Waals surface area contributed by atoms with Crippen LogP contribution in [-0.4, -0.2) is 35.1 Å². The maximum absolute atomic E-state index is 12.8. The molecule has 2 aromatic rings. The fourth-order valence-corrected chi connectivity index (χ4v) is 4.13. The molecule has 1 aliphatic heterocycles. The van der Waals surface area contributed by atoms with E-state index < -0.39 is 23.6 Å². The van der Waals surface area contributed by atoms with E-state index in [0.29, 0.717) is 28.6 Å². The number of aryl methyl sites for hydroxylation is 1. The monoisotopic (exact) mass is 520 g/mol. The lowest BCUT2D eigenvalue weighted by Gasteiger charge is -2.14. The summed E-state index contributed by atoms with van der Waals surface area (Å²) in [4.78, 5) is 38.7. The van der Waals surface area contributed by atoms with Crippen molar-refractivity contribution >= 4 is 68.1 Å². The van der Waals surface area contributed by atoms with Crippen molar-refractivity contribution in [3.05, 3.63) is 74.6 Å². The molecular weight excluding hydrogens is 504 g/mol. The van der Waals surface area contributed by atoms with Crippen LogP contribution in [-0.2, 0) is 9.59 Å². The normalized spacial score (nSPS) is 14.8. The predicted octanol–water partition coefficient (Wildman–Crippen LogP) is 5.65. The Morgan fingerprint density at radius 3 is 2.81 bits per heavy atom. The van der Waals surface area contributed by atoms with Crippen LogP contribution < -0.4 is 10.1 Å². The Kier molecular flexibility index (Phi) is 7.59. The fourth-order valence-electron chi connectivity index (χ4n) is 2.75. The number of hydrogen-bond donors (Lipinski definition) is 1. The van der Waals surface area contributed by atoms with E-state index in [1.165, 1.54) is 0 Å². The van der Waals surface area contributed by atoms with Gasteiger partial charge < -0.3 is 10.1 Å². The number of carbonyl (C=O) groups is 3. The molecule has 6 nitrogen and oxygen atoms in total. The minimum absolute atomic E-state index is 0.207. The zero-order chi connectivity index (χ0) is 22.5. The SMILES string of the molecule is C=CCOc1ccc(Br)cc1/C=C1/SC(=O)N(CC(=O)Nc2cc(Cl)ccc2C)C1=O. The second-order valence-electron chi connectivity index (χ2n) is 6.56. The van der Waals surface area contributed by atoms with Gasteiger partial charge in [0, 0.05) is 20.7 Å². The number of anilines is 1. The number of rotatable bonds is 7. The van der Waals surface area contributed by atoms with Crippen LogP contribution >= 0.6 is 39.3 Å². The van der Waals surface area contributed by atoms with Gasteiger partial charge in [-0.1, -0.05) is 46.3 Å². The van der Waals surface area contributed by atoms with Gasteiger partial charge in [0.1, 0.15) is 18.9 Å². The quantitative estimate of drug-likeness (QED) is 0.376. The van der Waals surface area contributed by atoms with Crippen LogP contribution in [0, 0.1) is 6.92 Å². The van der Waals surface area contributed by atoms with Crippen molar-refractivity contribution in [3.8, 4) is 5.75 Å². The average molecular weight is 522 g/mol. The van der Waals surface area contributed by atoms with Crippen LogP contribution in [0.3, 0.4) is 0 Å². The zero-order valence-electron chi connectivity index (χ0n) is 16.5. The molecule has 0 radical (unpaired) electrons. The van der Waals surface area contributed by atoms with E-state index in [9.17, 15) is 14.4 Å². The number of hydrogen-bond acceptors (Lipinski definition) is 5. The number of benzene rings is 2. The maximum atomic E-state index is 12.8. The van der Waals surface area contributed by atoms with Gasteiger partial charge in [-0.15, -0.1) is 0 Å². The largest absolute Gasteiger partial charge is 0.489 e. The Morgan fingerprint density at radius 1 is 1.29 bits per heavy atom. The summed E-state index contributed by atoms with van der Waals surface area (Å²) in [5.41, 5.74) is 1.97. The third-order valence-corrected chi connectivity index (χ3v) is 5.90. The highest BCUT2D eigenvalue weighted by atomic mass is 79.9. The number of nitrogens with zero attached hydrogens (tertiary/aromatic N) is 1. The van der Waals surface area contributed by atoms with Gasteiger partial charge in [-0.2, -0.15) is 0 Å². The van der Waals surface area contributed by atoms with Gasteiger partial charge in [-0.3, -0.25) is 19.3 Å². The molecule has 3 rings (SSSR count). The van der Waals surface area contributed by atoms with Crippen molar-refractivity contribution in [1.82, 2.24) is 4.90 Å². The Labute approximate surface area is 197 Å². The molecule has 1 fully saturated rings. The highest BCUT2D eigenvalue weighted by Gasteiger charge is 2.36. The summed E-state index contributed by atoms with van der Waals surface area (Å²) in [7, 11) is 0. The van der Waals surface area contributed by atoms with Crippen LogP contribution in [0.1, 0.15) is 11.1 Å². The minimum atomic E-state index is -0.539. The van der Waals surface area contributed by atoms with E-state index >= 15 is 0 Å². The van der Waals surface area contributed by atoms with Crippen LogP contribution in [0.2, 0.25) is 5.02 Å². The second-order valence-corrected chi connectivity index (χ2v) is 8.90. The standard InChI is InChI=1S/C22H18BrClN2O4S/c1-3-8-30-18-7-5-15(23)9-14(18)10-19-21(28)26(22(29)31-19)12-20(27)25-17-11-16(24)6-4-13(17)2/h3-7,9-11H,1,8,12H2,2H3,(H,25,27)/b19-10+. The molecule has 0 unspecified atom stereocenters. The number of imide groups is 1. The van der Waals surface area contributed by atoms with Gasteiger partial charge in [0.25, 0.3) is 11.1 Å². The van der Waals surface area contributed by atoms with E-state index in [-0.39, 0.29) is 4.91 Å². The lowest BCUT2D eigenvalue weighted by Crippen LogP contribution is -2.36. The minimum Gasteiger partial charge on any atom is -0.489 e. The first-order valence-electron chi connectivity index (χ1n) is 9.13. The molecule has 1 N–H and O–H groups in total. The van der Waals surface area contributed by atoms with Gasteiger partial charge in [0.2, 0.25) is 5.91 Å². The first kappa shape index (κ1) is 23.1. The zero-order valence-corrected chi connectivity index (χ0v) is 19.6. The van der Waals surface area contributed by atoms with E-state index in [1.807, 2.05) is 13.0 Å². The van der Waals surface area contributed by atoms with E-state index in [2.05, 4.69) is 27.8 Å².